The van der Waals surface area contributed by atoms with Crippen molar-refractivity contribution >= 4 is 0 Å². The molecule has 17 heavy (non-hydrogen) atoms. The van der Waals surface area contributed by atoms with Gasteiger partial charge in [-0.1, -0.05) is 38.3 Å². The van der Waals surface area contributed by atoms with Crippen molar-refractivity contribution in [2.75, 3.05) is 6.61 Å². The van der Waals surface area contributed by atoms with Crippen LogP contribution in [0.25, 0.3) is 0 Å². The van der Waals surface area contributed by atoms with E-state index >= 15 is 0 Å². The minimum Gasteiger partial charge on any atom is -0.490 e. The van der Waals surface area contributed by atoms with E-state index in [1.165, 1.54) is 18.9 Å². The van der Waals surface area contributed by atoms with Gasteiger partial charge in [-0.3, -0.25) is 0 Å². The van der Waals surface area contributed by atoms with Gasteiger partial charge in [-0.05, 0) is 19.4 Å². The summed E-state index contributed by atoms with van der Waals surface area (Å²) in [4.78, 5) is 0. The van der Waals surface area contributed by atoms with E-state index in [2.05, 4.69) is 6.92 Å². The topological polar surface area (TPSA) is 35.2 Å². The van der Waals surface area contributed by atoms with Crippen LogP contribution in [0.3, 0.4) is 0 Å². The lowest BCUT2D eigenvalue weighted by molar-refractivity contribution is 0.286. The first-order chi connectivity index (χ1) is 8.16. The van der Waals surface area contributed by atoms with Gasteiger partial charge in [0.2, 0.25) is 0 Å². The number of unbranched alkanes of at least 4 members (excludes halogenated alkanes) is 3. The standard InChI is InChI=1S/C14H22FNO/c1-3-4-5-6-10-17-14-12(11(2)16)8-7-9-13(14)15/h7-9,11H,3-6,10,16H2,1-2H3. The van der Waals surface area contributed by atoms with E-state index in [9.17, 15) is 4.39 Å². The fraction of sp³-hybridized carbons (Fsp3) is 0.571. The van der Waals surface area contributed by atoms with Gasteiger partial charge >= 0.3 is 0 Å². The van der Waals surface area contributed by atoms with E-state index in [-0.39, 0.29) is 11.9 Å². The molecule has 2 N–H and O–H groups in total. The minimum atomic E-state index is -0.324. The Balaban J connectivity index is 2.57. The minimum absolute atomic E-state index is 0.212. The lowest BCUT2D eigenvalue weighted by Crippen LogP contribution is -2.10. The monoisotopic (exact) mass is 239 g/mol. The number of ether oxygens (including phenoxy) is 1. The molecular formula is C14H22FNO. The molecule has 1 aromatic carbocycles. The van der Waals surface area contributed by atoms with Crippen molar-refractivity contribution in [3.63, 3.8) is 0 Å². The molecule has 1 unspecified atom stereocenters. The first-order valence-electron chi connectivity index (χ1n) is 6.33. The van der Waals surface area contributed by atoms with Crippen molar-refractivity contribution in [3.8, 4) is 5.75 Å². The number of rotatable bonds is 7. The van der Waals surface area contributed by atoms with E-state index < -0.39 is 0 Å². The van der Waals surface area contributed by atoms with Crippen LogP contribution in [0.1, 0.15) is 51.1 Å². The molecule has 0 aliphatic rings. The lowest BCUT2D eigenvalue weighted by atomic mass is 10.1. The lowest BCUT2D eigenvalue weighted by Gasteiger charge is -2.14. The number of hydrogen-bond acceptors (Lipinski definition) is 2. The van der Waals surface area contributed by atoms with Crippen molar-refractivity contribution in [3.05, 3.63) is 29.6 Å². The van der Waals surface area contributed by atoms with Gasteiger partial charge in [0.15, 0.2) is 11.6 Å². The second-order valence-electron chi connectivity index (χ2n) is 4.36. The molecule has 0 aliphatic carbocycles. The van der Waals surface area contributed by atoms with Gasteiger partial charge in [0, 0.05) is 11.6 Å². The van der Waals surface area contributed by atoms with Crippen LogP contribution < -0.4 is 10.5 Å². The summed E-state index contributed by atoms with van der Waals surface area (Å²) in [5.41, 5.74) is 6.53. The maximum atomic E-state index is 13.6. The fourth-order valence-corrected chi connectivity index (χ4v) is 1.74. The maximum Gasteiger partial charge on any atom is 0.165 e. The van der Waals surface area contributed by atoms with Crippen molar-refractivity contribution in [2.24, 2.45) is 5.73 Å². The molecule has 0 aromatic heterocycles. The summed E-state index contributed by atoms with van der Waals surface area (Å²) in [5.74, 6) is -0.00529. The molecule has 0 fully saturated rings. The van der Waals surface area contributed by atoms with Crippen LogP contribution in [0.5, 0.6) is 5.75 Å². The summed E-state index contributed by atoms with van der Waals surface area (Å²) in [6.45, 7) is 4.55. The Morgan fingerprint density at radius 2 is 2.06 bits per heavy atom. The number of halogens is 1. The average molecular weight is 239 g/mol. The Bertz CT molecular complexity index is 339. The highest BCUT2D eigenvalue weighted by Crippen LogP contribution is 2.27. The molecule has 2 nitrogen and oxygen atoms in total. The summed E-state index contributed by atoms with van der Waals surface area (Å²) in [5, 5.41) is 0. The Morgan fingerprint density at radius 1 is 1.29 bits per heavy atom. The Morgan fingerprint density at radius 3 is 2.71 bits per heavy atom. The van der Waals surface area contributed by atoms with Crippen LogP contribution >= 0.6 is 0 Å². The summed E-state index contributed by atoms with van der Waals surface area (Å²) >= 11 is 0. The summed E-state index contributed by atoms with van der Waals surface area (Å²) in [6, 6.07) is 4.68. The molecule has 0 radical (unpaired) electrons. The SMILES string of the molecule is CCCCCCOc1c(F)cccc1C(C)N. The second-order valence-corrected chi connectivity index (χ2v) is 4.36. The van der Waals surface area contributed by atoms with Crippen molar-refractivity contribution in [1.29, 1.82) is 0 Å². The van der Waals surface area contributed by atoms with Crippen molar-refractivity contribution < 1.29 is 9.13 Å². The van der Waals surface area contributed by atoms with Crippen molar-refractivity contribution in [2.45, 2.75) is 45.6 Å². The Hall–Kier alpha value is -1.09. The van der Waals surface area contributed by atoms with Gasteiger partial charge in [0.25, 0.3) is 0 Å². The predicted molar refractivity (Wildman–Crippen MR) is 68.6 cm³/mol. The molecule has 0 heterocycles. The van der Waals surface area contributed by atoms with Crippen LogP contribution in [0.4, 0.5) is 4.39 Å². The van der Waals surface area contributed by atoms with E-state index in [0.717, 1.165) is 18.4 Å². The number of hydrogen-bond donors (Lipinski definition) is 1. The highest BCUT2D eigenvalue weighted by molar-refractivity contribution is 5.36. The van der Waals surface area contributed by atoms with Crippen LogP contribution in [-0.4, -0.2) is 6.61 Å². The zero-order chi connectivity index (χ0) is 12.7. The summed E-state index contributed by atoms with van der Waals surface area (Å²) in [7, 11) is 0. The molecule has 1 rings (SSSR count). The Labute approximate surface area is 103 Å². The van der Waals surface area contributed by atoms with Gasteiger partial charge in [-0.2, -0.15) is 0 Å². The zero-order valence-corrected chi connectivity index (χ0v) is 10.7. The third-order valence-electron chi connectivity index (χ3n) is 2.73. The van der Waals surface area contributed by atoms with Crippen LogP contribution in [0.2, 0.25) is 0 Å². The highest BCUT2D eigenvalue weighted by atomic mass is 19.1. The van der Waals surface area contributed by atoms with E-state index in [4.69, 9.17) is 10.5 Å². The molecule has 0 aliphatic heterocycles. The third-order valence-corrected chi connectivity index (χ3v) is 2.73. The summed E-state index contributed by atoms with van der Waals surface area (Å²) in [6.07, 6.45) is 4.46. The van der Waals surface area contributed by atoms with E-state index in [0.29, 0.717) is 12.4 Å². The second kappa shape index (κ2) is 7.28. The molecular weight excluding hydrogens is 217 g/mol. The molecule has 0 amide bonds. The first-order valence-corrected chi connectivity index (χ1v) is 6.33. The maximum absolute atomic E-state index is 13.6. The Kier molecular flexibility index (Phi) is 5.98. The van der Waals surface area contributed by atoms with Gasteiger partial charge in [0.1, 0.15) is 0 Å². The van der Waals surface area contributed by atoms with Crippen LogP contribution in [-0.2, 0) is 0 Å². The number of nitrogens with two attached hydrogens (primary N) is 1. The van der Waals surface area contributed by atoms with Crippen LogP contribution in [0.15, 0.2) is 18.2 Å². The molecule has 1 aromatic rings. The molecule has 3 heteroatoms. The quantitative estimate of drug-likeness (QED) is 0.734. The third kappa shape index (κ3) is 4.35. The molecule has 0 saturated carbocycles. The molecule has 0 saturated heterocycles. The van der Waals surface area contributed by atoms with Gasteiger partial charge in [0.05, 0.1) is 6.61 Å². The van der Waals surface area contributed by atoms with E-state index in [1.54, 1.807) is 6.07 Å². The first kappa shape index (κ1) is 14.0. The highest BCUT2D eigenvalue weighted by Gasteiger charge is 2.12. The smallest absolute Gasteiger partial charge is 0.165 e. The molecule has 96 valence electrons. The van der Waals surface area contributed by atoms with Gasteiger partial charge < -0.3 is 10.5 Å². The molecule has 0 bridgehead atoms. The summed E-state index contributed by atoms with van der Waals surface area (Å²) < 4.78 is 19.1. The fourth-order valence-electron chi connectivity index (χ4n) is 1.74. The number of benzene rings is 1. The van der Waals surface area contributed by atoms with Crippen LogP contribution in [0, 0.1) is 5.82 Å². The van der Waals surface area contributed by atoms with Gasteiger partial charge in [-0.25, -0.2) is 4.39 Å². The molecule has 0 spiro atoms. The van der Waals surface area contributed by atoms with E-state index in [1.807, 2.05) is 13.0 Å². The normalized spacial score (nSPS) is 12.5. The largest absolute Gasteiger partial charge is 0.490 e. The van der Waals surface area contributed by atoms with Gasteiger partial charge in [-0.15, -0.1) is 0 Å². The predicted octanol–water partition coefficient (Wildman–Crippen LogP) is 3.80. The zero-order valence-electron chi connectivity index (χ0n) is 10.7. The molecule has 1 atom stereocenters. The van der Waals surface area contributed by atoms with Crippen molar-refractivity contribution in [1.82, 2.24) is 0 Å². The number of para-hydroxylation sites is 1. The average Bonchev–Trinajstić information content (AvgIpc) is 2.30.